The Balaban J connectivity index is 2.32. The second kappa shape index (κ2) is 3.74. The van der Waals surface area contributed by atoms with Gasteiger partial charge in [-0.1, -0.05) is 0 Å². The average Bonchev–Trinajstić information content (AvgIpc) is 2.84. The van der Waals surface area contributed by atoms with Crippen LogP contribution in [0.25, 0.3) is 0 Å². The minimum atomic E-state index is -0.0443. The van der Waals surface area contributed by atoms with Crippen LogP contribution >= 0.6 is 0 Å². The van der Waals surface area contributed by atoms with Crippen molar-refractivity contribution in [3.63, 3.8) is 0 Å². The molecule has 0 aliphatic carbocycles. The first-order chi connectivity index (χ1) is 7.22. The third-order valence-corrected chi connectivity index (χ3v) is 2.33. The van der Waals surface area contributed by atoms with E-state index < -0.39 is 0 Å². The first-order valence-electron chi connectivity index (χ1n) is 4.68. The van der Waals surface area contributed by atoms with Crippen molar-refractivity contribution < 1.29 is 9.21 Å². The molecule has 0 aliphatic heterocycles. The van der Waals surface area contributed by atoms with Crippen LogP contribution < -0.4 is 5.73 Å². The lowest BCUT2D eigenvalue weighted by molar-refractivity contribution is 0.103. The predicted molar refractivity (Wildman–Crippen MR) is 55.6 cm³/mol. The van der Waals surface area contributed by atoms with Gasteiger partial charge in [0, 0.05) is 24.0 Å². The molecule has 15 heavy (non-hydrogen) atoms. The third-order valence-electron chi connectivity index (χ3n) is 2.33. The highest BCUT2D eigenvalue weighted by molar-refractivity contribution is 6.09. The molecule has 0 aliphatic rings. The number of carbonyl (C=O) groups is 1. The van der Waals surface area contributed by atoms with Crippen LogP contribution in [0.15, 0.2) is 29.0 Å². The third kappa shape index (κ3) is 1.71. The van der Waals surface area contributed by atoms with Crippen LogP contribution in [0.1, 0.15) is 27.4 Å². The summed E-state index contributed by atoms with van der Waals surface area (Å²) < 4.78 is 5.08. The quantitative estimate of drug-likeness (QED) is 0.746. The van der Waals surface area contributed by atoms with E-state index in [0.29, 0.717) is 23.4 Å². The number of hydrogen-bond acceptors (Lipinski definition) is 3. The fraction of sp³-hybridized carbons (Fsp3) is 0.182. The zero-order chi connectivity index (χ0) is 10.8. The molecule has 2 rings (SSSR count). The molecule has 3 N–H and O–H groups in total. The van der Waals surface area contributed by atoms with Crippen molar-refractivity contribution in [2.45, 2.75) is 13.5 Å². The topological polar surface area (TPSA) is 72.0 Å². The number of hydrogen-bond donors (Lipinski definition) is 2. The Hall–Kier alpha value is -1.81. The van der Waals surface area contributed by atoms with E-state index >= 15 is 0 Å². The molecule has 0 atom stereocenters. The summed E-state index contributed by atoms with van der Waals surface area (Å²) in [7, 11) is 0. The molecule has 0 aromatic carbocycles. The molecular weight excluding hydrogens is 192 g/mol. The summed E-state index contributed by atoms with van der Waals surface area (Å²) in [4.78, 5) is 14.9. The van der Waals surface area contributed by atoms with E-state index in [-0.39, 0.29) is 5.78 Å². The van der Waals surface area contributed by atoms with Crippen molar-refractivity contribution >= 4 is 5.78 Å². The zero-order valence-electron chi connectivity index (χ0n) is 8.41. The van der Waals surface area contributed by atoms with Crippen LogP contribution in [-0.4, -0.2) is 10.8 Å². The summed E-state index contributed by atoms with van der Waals surface area (Å²) in [6.45, 7) is 2.17. The Labute approximate surface area is 87.1 Å². The van der Waals surface area contributed by atoms with Crippen molar-refractivity contribution in [2.75, 3.05) is 0 Å². The van der Waals surface area contributed by atoms with E-state index in [1.54, 1.807) is 25.3 Å². The largest absolute Gasteiger partial charge is 0.469 e. The van der Waals surface area contributed by atoms with Gasteiger partial charge in [0.15, 0.2) is 5.78 Å². The molecule has 4 nitrogen and oxygen atoms in total. The van der Waals surface area contributed by atoms with E-state index in [9.17, 15) is 4.79 Å². The SMILES string of the molecule is Cc1occc1C(=O)c1c[nH]c(CN)c1. The predicted octanol–water partition coefficient (Wildman–Crippen LogP) is 1.61. The minimum Gasteiger partial charge on any atom is -0.469 e. The van der Waals surface area contributed by atoms with Crippen molar-refractivity contribution in [3.8, 4) is 0 Å². The van der Waals surface area contributed by atoms with Gasteiger partial charge in [-0.05, 0) is 19.1 Å². The maximum atomic E-state index is 11.9. The summed E-state index contributed by atoms with van der Waals surface area (Å²) in [6.07, 6.45) is 3.18. The highest BCUT2D eigenvalue weighted by atomic mass is 16.3. The smallest absolute Gasteiger partial charge is 0.198 e. The molecular formula is C11H12N2O2. The van der Waals surface area contributed by atoms with Gasteiger partial charge in [-0.3, -0.25) is 4.79 Å². The van der Waals surface area contributed by atoms with E-state index in [1.165, 1.54) is 6.26 Å². The summed E-state index contributed by atoms with van der Waals surface area (Å²) in [5.41, 5.74) is 7.50. The minimum absolute atomic E-state index is 0.0443. The van der Waals surface area contributed by atoms with Crippen molar-refractivity contribution in [3.05, 3.63) is 47.2 Å². The number of nitrogens with two attached hydrogens (primary N) is 1. The number of aromatic amines is 1. The lowest BCUT2D eigenvalue weighted by Crippen LogP contribution is -2.00. The van der Waals surface area contributed by atoms with E-state index in [0.717, 1.165) is 5.69 Å². The number of rotatable bonds is 3. The van der Waals surface area contributed by atoms with E-state index in [2.05, 4.69) is 4.98 Å². The molecule has 0 radical (unpaired) electrons. The second-order valence-corrected chi connectivity index (χ2v) is 3.34. The van der Waals surface area contributed by atoms with Crippen LogP contribution in [0.2, 0.25) is 0 Å². The Morgan fingerprint density at radius 3 is 2.93 bits per heavy atom. The molecule has 2 aromatic heterocycles. The first kappa shape index (κ1) is 9.73. The Kier molecular flexibility index (Phi) is 2.43. The molecule has 2 heterocycles. The van der Waals surface area contributed by atoms with Crippen LogP contribution in [-0.2, 0) is 6.54 Å². The van der Waals surface area contributed by atoms with Crippen LogP contribution in [0.5, 0.6) is 0 Å². The standard InChI is InChI=1S/C11H12N2O2/c1-7-10(2-3-15-7)11(14)8-4-9(5-12)13-6-8/h2-4,6,13H,5,12H2,1H3. The summed E-state index contributed by atoms with van der Waals surface area (Å²) >= 11 is 0. The molecule has 0 unspecified atom stereocenters. The van der Waals surface area contributed by atoms with Gasteiger partial charge in [0.05, 0.1) is 11.8 Å². The molecule has 0 spiro atoms. The maximum absolute atomic E-state index is 11.9. The normalized spacial score (nSPS) is 10.5. The molecule has 2 aromatic rings. The van der Waals surface area contributed by atoms with Gasteiger partial charge in [0.1, 0.15) is 5.76 Å². The monoisotopic (exact) mass is 204 g/mol. The Morgan fingerprint density at radius 1 is 1.60 bits per heavy atom. The van der Waals surface area contributed by atoms with Crippen molar-refractivity contribution in [1.82, 2.24) is 4.98 Å². The molecule has 0 saturated carbocycles. The molecule has 4 heteroatoms. The van der Waals surface area contributed by atoms with Gasteiger partial charge in [-0.25, -0.2) is 0 Å². The molecule has 78 valence electrons. The summed E-state index contributed by atoms with van der Waals surface area (Å²) in [5, 5.41) is 0. The molecule has 0 bridgehead atoms. The van der Waals surface area contributed by atoms with Crippen molar-refractivity contribution in [1.29, 1.82) is 0 Å². The number of ketones is 1. The number of furan rings is 1. The van der Waals surface area contributed by atoms with E-state index in [4.69, 9.17) is 10.2 Å². The number of aromatic nitrogens is 1. The molecule has 0 fully saturated rings. The number of aryl methyl sites for hydroxylation is 1. The number of carbonyl (C=O) groups excluding carboxylic acids is 1. The lowest BCUT2D eigenvalue weighted by atomic mass is 10.1. The second-order valence-electron chi connectivity index (χ2n) is 3.34. The van der Waals surface area contributed by atoms with Crippen molar-refractivity contribution in [2.24, 2.45) is 5.73 Å². The van der Waals surface area contributed by atoms with Crippen LogP contribution in [0, 0.1) is 6.92 Å². The van der Waals surface area contributed by atoms with Gasteiger partial charge in [0.25, 0.3) is 0 Å². The lowest BCUT2D eigenvalue weighted by Gasteiger charge is -1.94. The summed E-state index contributed by atoms with van der Waals surface area (Å²) in [6, 6.07) is 3.43. The number of H-pyrrole nitrogens is 1. The van der Waals surface area contributed by atoms with Gasteiger partial charge < -0.3 is 15.1 Å². The van der Waals surface area contributed by atoms with Gasteiger partial charge in [-0.2, -0.15) is 0 Å². The molecule has 0 amide bonds. The Bertz CT molecular complexity index is 482. The summed E-state index contributed by atoms with van der Waals surface area (Å²) in [5.74, 6) is 0.590. The fourth-order valence-electron chi connectivity index (χ4n) is 1.47. The fourth-order valence-corrected chi connectivity index (χ4v) is 1.47. The zero-order valence-corrected chi connectivity index (χ0v) is 8.41. The number of nitrogens with one attached hydrogen (secondary N) is 1. The van der Waals surface area contributed by atoms with Gasteiger partial charge >= 0.3 is 0 Å². The maximum Gasteiger partial charge on any atom is 0.198 e. The Morgan fingerprint density at radius 2 is 2.40 bits per heavy atom. The van der Waals surface area contributed by atoms with Gasteiger partial charge in [0.2, 0.25) is 0 Å². The first-order valence-corrected chi connectivity index (χ1v) is 4.68. The van der Waals surface area contributed by atoms with Gasteiger partial charge in [-0.15, -0.1) is 0 Å². The van der Waals surface area contributed by atoms with Crippen LogP contribution in [0.3, 0.4) is 0 Å². The highest BCUT2D eigenvalue weighted by Crippen LogP contribution is 2.15. The van der Waals surface area contributed by atoms with E-state index in [1.807, 2.05) is 0 Å². The average molecular weight is 204 g/mol. The molecule has 0 saturated heterocycles. The van der Waals surface area contributed by atoms with Crippen LogP contribution in [0.4, 0.5) is 0 Å². The highest BCUT2D eigenvalue weighted by Gasteiger charge is 2.14.